The number of halogens is 2. The van der Waals surface area contributed by atoms with Gasteiger partial charge in [0, 0.05) is 29.6 Å². The molecule has 0 fully saturated rings. The third-order valence-corrected chi connectivity index (χ3v) is 4.13. The molecule has 29 heavy (non-hydrogen) atoms. The normalized spacial score (nSPS) is 10.5. The van der Waals surface area contributed by atoms with Gasteiger partial charge in [-0.15, -0.1) is 0 Å². The van der Waals surface area contributed by atoms with Crippen LogP contribution in [0, 0.1) is 17.0 Å². The van der Waals surface area contributed by atoms with Gasteiger partial charge in [0.2, 0.25) is 0 Å². The van der Waals surface area contributed by atoms with Gasteiger partial charge in [-0.05, 0) is 41.7 Å². The summed E-state index contributed by atoms with van der Waals surface area (Å²) in [5.41, 5.74) is 3.42. The summed E-state index contributed by atoms with van der Waals surface area (Å²) in [6.07, 6.45) is 2.78. The predicted molar refractivity (Wildman–Crippen MR) is 121 cm³/mol. The lowest BCUT2D eigenvalue weighted by atomic mass is 9.90. The molecule has 0 aliphatic carbocycles. The van der Waals surface area contributed by atoms with E-state index >= 15 is 0 Å². The quantitative estimate of drug-likeness (QED) is 0.417. The van der Waals surface area contributed by atoms with E-state index in [2.05, 4.69) is 37.5 Å². The van der Waals surface area contributed by atoms with Gasteiger partial charge in [0.05, 0.1) is 0 Å². The van der Waals surface area contributed by atoms with Crippen molar-refractivity contribution < 1.29 is 8.78 Å². The predicted octanol–water partition coefficient (Wildman–Crippen LogP) is 8.12. The molecule has 1 heterocycles. The first kappa shape index (κ1) is 24.6. The topological polar surface area (TPSA) is 4.93 Å². The van der Waals surface area contributed by atoms with Crippen LogP contribution in [0.15, 0.2) is 60.8 Å². The third kappa shape index (κ3) is 7.49. The van der Waals surface area contributed by atoms with Crippen molar-refractivity contribution in [1.82, 2.24) is 4.57 Å². The molecule has 0 atom stereocenters. The molecule has 0 bridgehead atoms. The molecule has 0 amide bonds. The number of hydrogen-bond acceptors (Lipinski definition) is 0. The van der Waals surface area contributed by atoms with Crippen molar-refractivity contribution in [3.05, 3.63) is 83.7 Å². The van der Waals surface area contributed by atoms with Crippen LogP contribution in [0.2, 0.25) is 0 Å². The SMILES string of the molecule is CC.CC.CC(C)(C)Cc1cc(-c2cc(F)ccc2F)cn1Cc1ccccc1. The zero-order valence-electron chi connectivity index (χ0n) is 18.9. The second-order valence-corrected chi connectivity index (χ2v) is 7.70. The molecule has 0 saturated heterocycles. The fourth-order valence-electron chi connectivity index (χ4n) is 3.04. The summed E-state index contributed by atoms with van der Waals surface area (Å²) in [6.45, 7) is 15.2. The molecule has 0 N–H and O–H groups in total. The van der Waals surface area contributed by atoms with Gasteiger partial charge < -0.3 is 4.57 Å². The number of hydrogen-bond donors (Lipinski definition) is 0. The van der Waals surface area contributed by atoms with Gasteiger partial charge in [-0.2, -0.15) is 0 Å². The van der Waals surface area contributed by atoms with Crippen molar-refractivity contribution in [2.24, 2.45) is 5.41 Å². The highest BCUT2D eigenvalue weighted by atomic mass is 19.1. The van der Waals surface area contributed by atoms with E-state index in [0.29, 0.717) is 17.7 Å². The molecule has 158 valence electrons. The number of benzene rings is 2. The largest absolute Gasteiger partial charge is 0.346 e. The lowest BCUT2D eigenvalue weighted by Gasteiger charge is -2.19. The Bertz CT molecular complexity index is 858. The van der Waals surface area contributed by atoms with Crippen LogP contribution in [0.1, 0.15) is 59.7 Å². The Morgan fingerprint density at radius 2 is 1.45 bits per heavy atom. The van der Waals surface area contributed by atoms with Gasteiger partial charge in [0.25, 0.3) is 0 Å². The zero-order valence-corrected chi connectivity index (χ0v) is 18.9. The molecular formula is C26H35F2N. The molecule has 3 rings (SSSR count). The maximum atomic E-state index is 14.2. The van der Waals surface area contributed by atoms with Crippen molar-refractivity contribution in [3.8, 4) is 11.1 Å². The smallest absolute Gasteiger partial charge is 0.131 e. The van der Waals surface area contributed by atoms with E-state index < -0.39 is 11.6 Å². The van der Waals surface area contributed by atoms with Gasteiger partial charge in [0.15, 0.2) is 0 Å². The van der Waals surface area contributed by atoms with Crippen LogP contribution in [0.25, 0.3) is 11.1 Å². The van der Waals surface area contributed by atoms with Gasteiger partial charge in [-0.1, -0.05) is 78.8 Å². The molecule has 0 unspecified atom stereocenters. The standard InChI is InChI=1S/C22H23F2N.2C2H6/c1-22(2,3)13-19-11-17(20-12-18(23)9-10-21(20)24)15-25(19)14-16-7-5-4-6-8-16;2*1-2/h4-12,15H,13-14H2,1-3H3;2*1-2H3. The second kappa shape index (κ2) is 11.5. The van der Waals surface area contributed by atoms with Crippen LogP contribution in [-0.4, -0.2) is 4.57 Å². The van der Waals surface area contributed by atoms with Crippen LogP contribution in [-0.2, 0) is 13.0 Å². The molecule has 1 aromatic heterocycles. The zero-order chi connectivity index (χ0) is 22.0. The lowest BCUT2D eigenvalue weighted by Crippen LogP contribution is -2.13. The summed E-state index contributed by atoms with van der Waals surface area (Å²) in [4.78, 5) is 0. The fourth-order valence-corrected chi connectivity index (χ4v) is 3.04. The van der Waals surface area contributed by atoms with E-state index in [9.17, 15) is 8.78 Å². The summed E-state index contributed by atoms with van der Waals surface area (Å²) in [5.74, 6) is -0.829. The van der Waals surface area contributed by atoms with Crippen molar-refractivity contribution in [1.29, 1.82) is 0 Å². The van der Waals surface area contributed by atoms with E-state index in [1.807, 2.05) is 58.2 Å². The first-order valence-corrected chi connectivity index (χ1v) is 10.5. The van der Waals surface area contributed by atoms with Crippen LogP contribution in [0.5, 0.6) is 0 Å². The molecule has 3 aromatic rings. The molecule has 2 aromatic carbocycles. The van der Waals surface area contributed by atoms with Crippen LogP contribution < -0.4 is 0 Å². The maximum Gasteiger partial charge on any atom is 0.131 e. The molecule has 0 spiro atoms. The molecule has 0 aliphatic heterocycles. The fraction of sp³-hybridized carbons (Fsp3) is 0.385. The Morgan fingerprint density at radius 3 is 2.03 bits per heavy atom. The Morgan fingerprint density at radius 1 is 0.828 bits per heavy atom. The summed E-state index contributed by atoms with van der Waals surface area (Å²) >= 11 is 0. The van der Waals surface area contributed by atoms with Gasteiger partial charge >= 0.3 is 0 Å². The second-order valence-electron chi connectivity index (χ2n) is 7.70. The Labute approximate surface area is 175 Å². The monoisotopic (exact) mass is 399 g/mol. The average molecular weight is 400 g/mol. The van der Waals surface area contributed by atoms with Gasteiger partial charge in [-0.25, -0.2) is 8.78 Å². The maximum absolute atomic E-state index is 14.2. The summed E-state index contributed by atoms with van der Waals surface area (Å²) in [6, 6.07) is 15.7. The first-order valence-electron chi connectivity index (χ1n) is 10.5. The summed E-state index contributed by atoms with van der Waals surface area (Å²) in [5, 5.41) is 0. The van der Waals surface area contributed by atoms with Gasteiger partial charge in [-0.3, -0.25) is 0 Å². The van der Waals surface area contributed by atoms with Crippen molar-refractivity contribution in [2.75, 3.05) is 0 Å². The molecule has 0 aliphatic rings. The highest BCUT2D eigenvalue weighted by Crippen LogP contribution is 2.29. The third-order valence-electron chi connectivity index (χ3n) is 4.13. The van der Waals surface area contributed by atoms with Crippen molar-refractivity contribution in [2.45, 2.75) is 61.4 Å². The van der Waals surface area contributed by atoms with Crippen molar-refractivity contribution in [3.63, 3.8) is 0 Å². The minimum absolute atomic E-state index is 0.102. The number of nitrogens with zero attached hydrogens (tertiary/aromatic N) is 1. The molecule has 0 saturated carbocycles. The number of rotatable bonds is 4. The number of aromatic nitrogens is 1. The Balaban J connectivity index is 0.000000989. The van der Waals surface area contributed by atoms with Crippen molar-refractivity contribution >= 4 is 0 Å². The highest BCUT2D eigenvalue weighted by Gasteiger charge is 2.18. The van der Waals surface area contributed by atoms with E-state index in [1.54, 1.807) is 0 Å². The highest BCUT2D eigenvalue weighted by molar-refractivity contribution is 5.64. The van der Waals surface area contributed by atoms with E-state index in [0.717, 1.165) is 18.2 Å². The Hall–Kier alpha value is -2.42. The molecule has 1 nitrogen and oxygen atoms in total. The average Bonchev–Trinajstić information content (AvgIpc) is 3.08. The van der Waals surface area contributed by atoms with Crippen LogP contribution in [0.4, 0.5) is 8.78 Å². The first-order chi connectivity index (χ1) is 13.8. The molecule has 0 radical (unpaired) electrons. The van der Waals surface area contributed by atoms with Crippen LogP contribution in [0.3, 0.4) is 0 Å². The van der Waals surface area contributed by atoms with Crippen LogP contribution >= 0.6 is 0 Å². The van der Waals surface area contributed by atoms with Gasteiger partial charge in [0.1, 0.15) is 11.6 Å². The van der Waals surface area contributed by atoms with E-state index in [-0.39, 0.29) is 5.41 Å². The minimum atomic E-state index is -0.426. The minimum Gasteiger partial charge on any atom is -0.346 e. The summed E-state index contributed by atoms with van der Waals surface area (Å²) in [7, 11) is 0. The molecular weight excluding hydrogens is 364 g/mol. The van der Waals surface area contributed by atoms with E-state index in [1.165, 1.54) is 17.7 Å². The Kier molecular flexibility index (Phi) is 9.80. The lowest BCUT2D eigenvalue weighted by molar-refractivity contribution is 0.399. The molecule has 3 heteroatoms. The summed E-state index contributed by atoms with van der Waals surface area (Å²) < 4.78 is 29.9. The van der Waals surface area contributed by atoms with E-state index in [4.69, 9.17) is 0 Å².